The van der Waals surface area contributed by atoms with Gasteiger partial charge in [0.2, 0.25) is 5.91 Å². The molecule has 6 nitrogen and oxygen atoms in total. The first-order valence-corrected chi connectivity index (χ1v) is 8.10. The number of nitrogens with zero attached hydrogens (tertiary/aromatic N) is 3. The zero-order valence-electron chi connectivity index (χ0n) is 12.6. The molecule has 0 atom stereocenters. The second kappa shape index (κ2) is 7.69. The van der Waals surface area contributed by atoms with Gasteiger partial charge >= 0.3 is 0 Å². The normalized spacial score (nSPS) is 9.83. The number of nitriles is 2. The van der Waals surface area contributed by atoms with E-state index in [9.17, 15) is 4.79 Å². The zero-order chi connectivity index (χ0) is 17.7. The van der Waals surface area contributed by atoms with Gasteiger partial charge in [0.25, 0.3) is 0 Å². The molecule has 0 unspecified atom stereocenters. The van der Waals surface area contributed by atoms with Crippen LogP contribution in [0.4, 0.5) is 11.5 Å². The Hall–Kier alpha value is -2.74. The predicted octanol–water partition coefficient (Wildman–Crippen LogP) is 3.10. The number of rotatable bonds is 4. The van der Waals surface area contributed by atoms with Crippen molar-refractivity contribution in [1.82, 2.24) is 4.98 Å². The van der Waals surface area contributed by atoms with E-state index in [1.807, 2.05) is 25.1 Å². The summed E-state index contributed by atoms with van der Waals surface area (Å²) in [6, 6.07) is 10.4. The van der Waals surface area contributed by atoms with Gasteiger partial charge in [-0.15, -0.1) is 0 Å². The minimum atomic E-state index is -0.265. The van der Waals surface area contributed by atoms with Gasteiger partial charge in [-0.2, -0.15) is 10.5 Å². The maximum atomic E-state index is 12.1. The maximum Gasteiger partial charge on any atom is 0.234 e. The van der Waals surface area contributed by atoms with Crippen molar-refractivity contribution in [1.29, 1.82) is 10.5 Å². The van der Waals surface area contributed by atoms with Crippen LogP contribution in [0.25, 0.3) is 0 Å². The Morgan fingerprint density at radius 1 is 1.33 bits per heavy atom. The van der Waals surface area contributed by atoms with E-state index < -0.39 is 0 Å². The minimum absolute atomic E-state index is 0.0325. The quantitative estimate of drug-likeness (QED) is 0.812. The largest absolute Gasteiger partial charge is 0.383 e. The lowest BCUT2D eigenvalue weighted by Gasteiger charge is -2.09. The van der Waals surface area contributed by atoms with Crippen LogP contribution in [0.1, 0.15) is 16.7 Å². The maximum absolute atomic E-state index is 12.1. The van der Waals surface area contributed by atoms with Gasteiger partial charge in [-0.25, -0.2) is 4.98 Å². The summed E-state index contributed by atoms with van der Waals surface area (Å²) in [6.07, 6.45) is 0. The van der Waals surface area contributed by atoms with Gasteiger partial charge in [0.15, 0.2) is 0 Å². The van der Waals surface area contributed by atoms with Crippen LogP contribution in [-0.2, 0) is 4.79 Å². The van der Waals surface area contributed by atoms with E-state index in [0.29, 0.717) is 15.7 Å². The fourth-order valence-electron chi connectivity index (χ4n) is 1.84. The number of benzene rings is 1. The number of aromatic nitrogens is 1. The molecule has 3 N–H and O–H groups in total. The van der Waals surface area contributed by atoms with Crippen molar-refractivity contribution in [2.24, 2.45) is 0 Å². The summed E-state index contributed by atoms with van der Waals surface area (Å²) in [5.74, 6) is -0.192. The summed E-state index contributed by atoms with van der Waals surface area (Å²) >= 11 is 6.99. The number of aryl methyl sites for hydroxylation is 1. The summed E-state index contributed by atoms with van der Waals surface area (Å²) in [6.45, 7) is 1.86. The molecule has 0 saturated carbocycles. The first-order valence-electron chi connectivity index (χ1n) is 6.74. The number of thioether (sulfide) groups is 1. The van der Waals surface area contributed by atoms with Crippen LogP contribution in [0.2, 0.25) is 5.02 Å². The lowest BCUT2D eigenvalue weighted by atomic mass is 10.2. The third kappa shape index (κ3) is 4.17. The lowest BCUT2D eigenvalue weighted by molar-refractivity contribution is -0.113. The summed E-state index contributed by atoms with van der Waals surface area (Å²) in [5, 5.41) is 21.6. The van der Waals surface area contributed by atoms with E-state index in [2.05, 4.69) is 10.3 Å². The molecule has 2 aromatic rings. The molecule has 8 heteroatoms. The second-order valence-corrected chi connectivity index (χ2v) is 6.19. The van der Waals surface area contributed by atoms with Crippen molar-refractivity contribution in [3.63, 3.8) is 0 Å². The number of amides is 1. The Balaban J connectivity index is 2.10. The smallest absolute Gasteiger partial charge is 0.234 e. The number of nitrogens with two attached hydrogens (primary N) is 1. The standard InChI is InChI=1S/C16H12ClN5OS/c1-9-2-3-12(17)5-13(9)21-14(23)8-24-16-11(7-19)4-10(6-18)15(20)22-16/h2-5H,8H2,1H3,(H2,20,22)(H,21,23). The van der Waals surface area contributed by atoms with E-state index in [-0.39, 0.29) is 28.6 Å². The molecule has 0 aliphatic rings. The van der Waals surface area contributed by atoms with E-state index in [1.165, 1.54) is 6.07 Å². The fraction of sp³-hybridized carbons (Fsp3) is 0.125. The van der Waals surface area contributed by atoms with E-state index >= 15 is 0 Å². The third-order valence-electron chi connectivity index (χ3n) is 3.07. The molecule has 0 bridgehead atoms. The molecule has 1 aromatic carbocycles. The third-order valence-corrected chi connectivity index (χ3v) is 4.30. The Morgan fingerprint density at radius 2 is 2.04 bits per heavy atom. The van der Waals surface area contributed by atoms with Crippen LogP contribution in [-0.4, -0.2) is 16.6 Å². The minimum Gasteiger partial charge on any atom is -0.383 e. The average Bonchev–Trinajstić information content (AvgIpc) is 2.56. The molecule has 1 heterocycles. The molecule has 0 radical (unpaired) electrons. The molecule has 120 valence electrons. The van der Waals surface area contributed by atoms with Crippen molar-refractivity contribution in [3.05, 3.63) is 46.0 Å². The summed E-state index contributed by atoms with van der Waals surface area (Å²) in [4.78, 5) is 16.1. The van der Waals surface area contributed by atoms with Crippen LogP contribution in [0.15, 0.2) is 29.3 Å². The van der Waals surface area contributed by atoms with Gasteiger partial charge in [0, 0.05) is 10.7 Å². The topological polar surface area (TPSA) is 116 Å². The van der Waals surface area contributed by atoms with E-state index in [4.69, 9.17) is 27.9 Å². The van der Waals surface area contributed by atoms with Crippen molar-refractivity contribution in [3.8, 4) is 12.1 Å². The van der Waals surface area contributed by atoms with Crippen molar-refractivity contribution >= 4 is 40.8 Å². The number of carbonyl (C=O) groups excluding carboxylic acids is 1. The predicted molar refractivity (Wildman–Crippen MR) is 93.6 cm³/mol. The monoisotopic (exact) mass is 357 g/mol. The van der Waals surface area contributed by atoms with Crippen LogP contribution in [0.3, 0.4) is 0 Å². The SMILES string of the molecule is Cc1ccc(Cl)cc1NC(=O)CSc1nc(N)c(C#N)cc1C#N. The Morgan fingerprint density at radius 3 is 2.71 bits per heavy atom. The van der Waals surface area contributed by atoms with Gasteiger partial charge in [-0.3, -0.25) is 4.79 Å². The van der Waals surface area contributed by atoms with Crippen LogP contribution in [0, 0.1) is 29.6 Å². The Bertz CT molecular complexity index is 885. The van der Waals surface area contributed by atoms with Crippen LogP contribution >= 0.6 is 23.4 Å². The number of pyridine rings is 1. The Kier molecular flexibility index (Phi) is 5.64. The molecule has 0 aliphatic carbocycles. The van der Waals surface area contributed by atoms with Gasteiger partial charge in [0.05, 0.1) is 16.9 Å². The number of hydrogen-bond donors (Lipinski definition) is 2. The second-order valence-electron chi connectivity index (χ2n) is 4.79. The lowest BCUT2D eigenvalue weighted by Crippen LogP contribution is -2.15. The molecule has 1 amide bonds. The number of carbonyl (C=O) groups is 1. The van der Waals surface area contributed by atoms with Crippen molar-refractivity contribution < 1.29 is 4.79 Å². The molecule has 0 fully saturated rings. The first kappa shape index (κ1) is 17.6. The molecular formula is C16H12ClN5OS. The van der Waals surface area contributed by atoms with Crippen molar-refractivity contribution in [2.75, 3.05) is 16.8 Å². The first-order chi connectivity index (χ1) is 11.4. The van der Waals surface area contributed by atoms with Crippen LogP contribution in [0.5, 0.6) is 0 Å². The van der Waals surface area contributed by atoms with E-state index in [0.717, 1.165) is 17.3 Å². The number of anilines is 2. The molecule has 0 aliphatic heterocycles. The van der Waals surface area contributed by atoms with Gasteiger partial charge in [-0.1, -0.05) is 29.4 Å². The number of nitrogen functional groups attached to an aromatic ring is 1. The van der Waals surface area contributed by atoms with Gasteiger partial charge in [-0.05, 0) is 30.7 Å². The number of nitrogens with one attached hydrogen (secondary N) is 1. The highest BCUT2D eigenvalue weighted by Crippen LogP contribution is 2.25. The summed E-state index contributed by atoms with van der Waals surface area (Å²) < 4.78 is 0. The molecule has 1 aromatic heterocycles. The van der Waals surface area contributed by atoms with E-state index in [1.54, 1.807) is 12.1 Å². The van der Waals surface area contributed by atoms with Crippen LogP contribution < -0.4 is 11.1 Å². The Labute approximate surface area is 148 Å². The molecular weight excluding hydrogens is 346 g/mol. The molecule has 2 rings (SSSR count). The molecule has 0 spiro atoms. The average molecular weight is 358 g/mol. The number of halogens is 1. The highest BCUT2D eigenvalue weighted by Gasteiger charge is 2.13. The van der Waals surface area contributed by atoms with Gasteiger partial charge in [0.1, 0.15) is 23.0 Å². The fourth-order valence-corrected chi connectivity index (χ4v) is 2.77. The summed E-state index contributed by atoms with van der Waals surface area (Å²) in [7, 11) is 0. The highest BCUT2D eigenvalue weighted by atomic mass is 35.5. The molecule has 24 heavy (non-hydrogen) atoms. The molecule has 0 saturated heterocycles. The highest BCUT2D eigenvalue weighted by molar-refractivity contribution is 8.00. The van der Waals surface area contributed by atoms with Gasteiger partial charge < -0.3 is 11.1 Å². The van der Waals surface area contributed by atoms with Crippen molar-refractivity contribution in [2.45, 2.75) is 11.9 Å². The zero-order valence-corrected chi connectivity index (χ0v) is 14.2. The number of hydrogen-bond acceptors (Lipinski definition) is 6. The summed E-state index contributed by atoms with van der Waals surface area (Å²) in [5.41, 5.74) is 7.50.